The van der Waals surface area contributed by atoms with Crippen LogP contribution < -0.4 is 11.0 Å². The van der Waals surface area contributed by atoms with E-state index >= 15 is 0 Å². The highest BCUT2D eigenvalue weighted by atomic mass is 35.5. The average molecular weight is 414 g/mol. The van der Waals surface area contributed by atoms with Gasteiger partial charge >= 0.3 is 0 Å². The summed E-state index contributed by atoms with van der Waals surface area (Å²) in [5.41, 5.74) is 4.43. The smallest absolute Gasteiger partial charge is 0.267 e. The molecule has 9 heteroatoms. The quantitative estimate of drug-likeness (QED) is 0.556. The molecular formula is C19H13Cl2N5O2. The molecule has 1 amide bonds. The van der Waals surface area contributed by atoms with E-state index in [0.29, 0.717) is 10.7 Å². The van der Waals surface area contributed by atoms with Gasteiger partial charge in [-0.25, -0.2) is 14.3 Å². The van der Waals surface area contributed by atoms with E-state index in [1.54, 1.807) is 10.7 Å². The molecule has 0 atom stereocenters. The summed E-state index contributed by atoms with van der Waals surface area (Å²) in [5.74, 6) is -0.582. The summed E-state index contributed by atoms with van der Waals surface area (Å²) in [6.45, 7) is 1.98. The standard InChI is InChI=1S/C19H13Cl2N5O2/c1-11-2-5-13(6-3-11)26-17-15(9-23-26)19(28)25(10-22-17)24-18(27)14-8-12(20)4-7-16(14)21/h2-10H,1H3,(H,24,27). The van der Waals surface area contributed by atoms with Crippen LogP contribution in [0.15, 0.2) is 59.8 Å². The Balaban J connectivity index is 1.71. The molecule has 0 saturated heterocycles. The predicted molar refractivity (Wildman–Crippen MR) is 108 cm³/mol. The molecule has 0 saturated carbocycles. The molecule has 4 aromatic rings. The van der Waals surface area contributed by atoms with Gasteiger partial charge in [0.05, 0.1) is 22.5 Å². The van der Waals surface area contributed by atoms with Crippen LogP contribution in [-0.4, -0.2) is 25.3 Å². The molecule has 0 bridgehead atoms. The number of aromatic nitrogens is 4. The van der Waals surface area contributed by atoms with Gasteiger partial charge in [-0.05, 0) is 37.3 Å². The number of benzene rings is 2. The number of carbonyl (C=O) groups excluding carboxylic acids is 1. The minimum Gasteiger partial charge on any atom is -0.267 e. The highest BCUT2D eigenvalue weighted by Crippen LogP contribution is 2.20. The Hall–Kier alpha value is -3.16. The van der Waals surface area contributed by atoms with Gasteiger partial charge in [0.2, 0.25) is 0 Å². The first-order chi connectivity index (χ1) is 13.4. The van der Waals surface area contributed by atoms with Crippen LogP contribution in [0.25, 0.3) is 16.7 Å². The molecule has 140 valence electrons. The highest BCUT2D eigenvalue weighted by molar-refractivity contribution is 6.36. The fourth-order valence-electron chi connectivity index (χ4n) is 2.71. The lowest BCUT2D eigenvalue weighted by Gasteiger charge is -2.09. The van der Waals surface area contributed by atoms with Gasteiger partial charge in [0.15, 0.2) is 5.65 Å². The van der Waals surface area contributed by atoms with Crippen LogP contribution in [-0.2, 0) is 0 Å². The summed E-state index contributed by atoms with van der Waals surface area (Å²) in [5, 5.41) is 5.09. The monoisotopic (exact) mass is 413 g/mol. The fourth-order valence-corrected chi connectivity index (χ4v) is 3.08. The van der Waals surface area contributed by atoms with Gasteiger partial charge < -0.3 is 0 Å². The van der Waals surface area contributed by atoms with Gasteiger partial charge in [-0.3, -0.25) is 15.0 Å². The normalized spacial score (nSPS) is 11.0. The summed E-state index contributed by atoms with van der Waals surface area (Å²) in [4.78, 5) is 29.5. The first-order valence-corrected chi connectivity index (χ1v) is 8.98. The van der Waals surface area contributed by atoms with Crippen molar-refractivity contribution in [3.05, 3.63) is 86.5 Å². The number of nitrogens with one attached hydrogen (secondary N) is 1. The first-order valence-electron chi connectivity index (χ1n) is 8.23. The predicted octanol–water partition coefficient (Wildman–Crippen LogP) is 3.58. The minimum atomic E-state index is -0.582. The van der Waals surface area contributed by atoms with Crippen molar-refractivity contribution in [2.24, 2.45) is 0 Å². The third kappa shape index (κ3) is 3.26. The topological polar surface area (TPSA) is 81.8 Å². The average Bonchev–Trinajstić information content (AvgIpc) is 3.11. The maximum absolute atomic E-state index is 12.7. The molecular weight excluding hydrogens is 401 g/mol. The fraction of sp³-hybridized carbons (Fsp3) is 0.0526. The van der Waals surface area contributed by atoms with E-state index in [2.05, 4.69) is 15.5 Å². The van der Waals surface area contributed by atoms with E-state index in [4.69, 9.17) is 23.2 Å². The zero-order chi connectivity index (χ0) is 19.8. The van der Waals surface area contributed by atoms with Crippen LogP contribution in [0.4, 0.5) is 0 Å². The summed E-state index contributed by atoms with van der Waals surface area (Å²) < 4.78 is 2.55. The second kappa shape index (κ2) is 7.10. The van der Waals surface area contributed by atoms with Crippen LogP contribution in [0.1, 0.15) is 15.9 Å². The van der Waals surface area contributed by atoms with E-state index in [-0.39, 0.29) is 16.0 Å². The maximum atomic E-state index is 12.7. The minimum absolute atomic E-state index is 0.150. The SMILES string of the molecule is Cc1ccc(-n2ncc3c(=O)n(NC(=O)c4cc(Cl)ccc4Cl)cnc32)cc1. The second-order valence-corrected chi connectivity index (χ2v) is 6.96. The number of aryl methyl sites for hydroxylation is 1. The lowest BCUT2D eigenvalue weighted by molar-refractivity contribution is 0.101. The Morgan fingerprint density at radius 3 is 2.61 bits per heavy atom. The number of rotatable bonds is 3. The van der Waals surface area contributed by atoms with Crippen LogP contribution >= 0.6 is 23.2 Å². The van der Waals surface area contributed by atoms with Crippen molar-refractivity contribution in [2.75, 3.05) is 5.43 Å². The number of nitrogens with zero attached hydrogens (tertiary/aromatic N) is 4. The van der Waals surface area contributed by atoms with E-state index in [1.807, 2.05) is 31.2 Å². The van der Waals surface area contributed by atoms with Crippen LogP contribution in [0.2, 0.25) is 10.0 Å². The van der Waals surface area contributed by atoms with Crippen LogP contribution in [0.3, 0.4) is 0 Å². The summed E-state index contributed by atoms with van der Waals surface area (Å²) in [6.07, 6.45) is 2.65. The van der Waals surface area contributed by atoms with Crippen molar-refractivity contribution in [1.29, 1.82) is 0 Å². The number of halogens is 2. The Labute approximate surface area is 169 Å². The van der Waals surface area contributed by atoms with E-state index < -0.39 is 11.5 Å². The molecule has 28 heavy (non-hydrogen) atoms. The van der Waals surface area contributed by atoms with Gasteiger partial charge in [-0.1, -0.05) is 40.9 Å². The number of hydrogen-bond donors (Lipinski definition) is 1. The third-order valence-corrected chi connectivity index (χ3v) is 4.73. The molecule has 0 fully saturated rings. The van der Waals surface area contributed by atoms with Gasteiger partial charge in [0.1, 0.15) is 11.7 Å². The zero-order valence-corrected chi connectivity index (χ0v) is 16.1. The maximum Gasteiger partial charge on any atom is 0.283 e. The lowest BCUT2D eigenvalue weighted by atomic mass is 10.2. The van der Waals surface area contributed by atoms with Gasteiger partial charge in [-0.15, -0.1) is 0 Å². The van der Waals surface area contributed by atoms with Crippen LogP contribution in [0.5, 0.6) is 0 Å². The van der Waals surface area contributed by atoms with Gasteiger partial charge in [0.25, 0.3) is 11.5 Å². The van der Waals surface area contributed by atoms with Crippen LogP contribution in [0, 0.1) is 6.92 Å². The molecule has 4 rings (SSSR count). The molecule has 0 radical (unpaired) electrons. The number of carbonyl (C=O) groups is 1. The Bertz CT molecular complexity index is 1260. The largest absolute Gasteiger partial charge is 0.283 e. The first kappa shape index (κ1) is 18.2. The molecule has 0 aliphatic rings. The summed E-state index contributed by atoms with van der Waals surface area (Å²) in [6, 6.07) is 12.2. The van der Waals surface area contributed by atoms with Crippen molar-refractivity contribution < 1.29 is 4.79 Å². The van der Waals surface area contributed by atoms with Crippen molar-refractivity contribution in [2.45, 2.75) is 6.92 Å². The molecule has 0 unspecified atom stereocenters. The molecule has 0 aliphatic carbocycles. The van der Waals surface area contributed by atoms with E-state index in [9.17, 15) is 9.59 Å². The molecule has 0 aliphatic heterocycles. The molecule has 2 aromatic heterocycles. The van der Waals surface area contributed by atoms with E-state index in [1.165, 1.54) is 24.7 Å². The third-order valence-electron chi connectivity index (χ3n) is 4.16. The number of hydrogen-bond acceptors (Lipinski definition) is 4. The lowest BCUT2D eigenvalue weighted by Crippen LogP contribution is -2.33. The Morgan fingerprint density at radius 2 is 1.86 bits per heavy atom. The molecule has 7 nitrogen and oxygen atoms in total. The highest BCUT2D eigenvalue weighted by Gasteiger charge is 2.15. The Morgan fingerprint density at radius 1 is 1.11 bits per heavy atom. The van der Waals surface area contributed by atoms with Crippen molar-refractivity contribution >= 4 is 40.1 Å². The summed E-state index contributed by atoms with van der Waals surface area (Å²) in [7, 11) is 0. The Kier molecular flexibility index (Phi) is 4.62. The van der Waals surface area contributed by atoms with Crippen molar-refractivity contribution in [3.8, 4) is 5.69 Å². The van der Waals surface area contributed by atoms with Gasteiger partial charge in [-0.2, -0.15) is 5.10 Å². The molecule has 1 N–H and O–H groups in total. The molecule has 2 heterocycles. The van der Waals surface area contributed by atoms with Gasteiger partial charge in [0, 0.05) is 5.02 Å². The molecule has 0 spiro atoms. The number of fused-ring (bicyclic) bond motifs is 1. The van der Waals surface area contributed by atoms with Crippen molar-refractivity contribution in [3.63, 3.8) is 0 Å². The number of amides is 1. The van der Waals surface area contributed by atoms with E-state index in [0.717, 1.165) is 15.9 Å². The molecule has 2 aromatic carbocycles. The summed E-state index contributed by atoms with van der Waals surface area (Å²) >= 11 is 12.0. The van der Waals surface area contributed by atoms with Crippen molar-refractivity contribution in [1.82, 2.24) is 19.4 Å². The second-order valence-electron chi connectivity index (χ2n) is 6.11. The zero-order valence-electron chi connectivity index (χ0n) is 14.6.